The van der Waals surface area contributed by atoms with Crippen LogP contribution in [0.2, 0.25) is 0 Å². The Morgan fingerprint density at radius 1 is 1.04 bits per heavy atom. The lowest BCUT2D eigenvalue weighted by Crippen LogP contribution is -2.01. The monoisotopic (exact) mass is 364 g/mol. The second-order valence-corrected chi connectivity index (χ2v) is 6.50. The lowest BCUT2D eigenvalue weighted by Gasteiger charge is -2.15. The van der Waals surface area contributed by atoms with Crippen LogP contribution in [0.5, 0.6) is 0 Å². The number of aromatic nitrogens is 2. The van der Waals surface area contributed by atoms with Crippen molar-refractivity contribution in [3.05, 3.63) is 71.6 Å². The van der Waals surface area contributed by atoms with Gasteiger partial charge in [-0.1, -0.05) is 43.7 Å². The van der Waals surface area contributed by atoms with Crippen LogP contribution in [0.1, 0.15) is 53.9 Å². The standard InChI is InChI=1S/C22H24N2O3/c1-3-7-16(17-8-5-4-6-9-17)14-15-20-23-24-21(27-20)18-10-12-19(13-11-18)22(25)26-2/h4-6,8-13,16H,3,7,14-15H2,1-2H3. The molecule has 5 nitrogen and oxygen atoms in total. The summed E-state index contributed by atoms with van der Waals surface area (Å²) in [5.74, 6) is 1.23. The highest BCUT2D eigenvalue weighted by Gasteiger charge is 2.14. The minimum atomic E-state index is -0.365. The molecule has 1 heterocycles. The van der Waals surface area contributed by atoms with Gasteiger partial charge in [0, 0.05) is 12.0 Å². The van der Waals surface area contributed by atoms with E-state index >= 15 is 0 Å². The van der Waals surface area contributed by atoms with Crippen molar-refractivity contribution in [1.29, 1.82) is 0 Å². The second kappa shape index (κ2) is 9.12. The number of hydrogen-bond donors (Lipinski definition) is 0. The average molecular weight is 364 g/mol. The minimum Gasteiger partial charge on any atom is -0.465 e. The van der Waals surface area contributed by atoms with Gasteiger partial charge < -0.3 is 9.15 Å². The van der Waals surface area contributed by atoms with Crippen LogP contribution in [0.3, 0.4) is 0 Å². The molecule has 140 valence electrons. The van der Waals surface area contributed by atoms with Crippen LogP contribution in [0.15, 0.2) is 59.0 Å². The number of ether oxygens (including phenoxy) is 1. The van der Waals surface area contributed by atoms with Crippen LogP contribution in [-0.4, -0.2) is 23.3 Å². The number of benzene rings is 2. The third kappa shape index (κ3) is 4.82. The molecule has 0 saturated heterocycles. The van der Waals surface area contributed by atoms with Crippen molar-refractivity contribution in [2.45, 2.75) is 38.5 Å². The maximum Gasteiger partial charge on any atom is 0.337 e. The zero-order chi connectivity index (χ0) is 19.1. The molecule has 0 aliphatic carbocycles. The van der Waals surface area contributed by atoms with Crippen molar-refractivity contribution < 1.29 is 13.9 Å². The van der Waals surface area contributed by atoms with E-state index in [1.807, 2.05) is 6.07 Å². The van der Waals surface area contributed by atoms with Gasteiger partial charge in [0.1, 0.15) is 0 Å². The normalized spacial score (nSPS) is 11.9. The van der Waals surface area contributed by atoms with Crippen LogP contribution in [0.25, 0.3) is 11.5 Å². The molecule has 0 spiro atoms. The van der Waals surface area contributed by atoms with Gasteiger partial charge in [-0.2, -0.15) is 0 Å². The van der Waals surface area contributed by atoms with Crippen molar-refractivity contribution in [1.82, 2.24) is 10.2 Å². The molecule has 1 unspecified atom stereocenters. The molecule has 0 bridgehead atoms. The molecule has 1 atom stereocenters. The third-order valence-electron chi connectivity index (χ3n) is 4.63. The first-order valence-electron chi connectivity index (χ1n) is 9.27. The Kier molecular flexibility index (Phi) is 6.36. The van der Waals surface area contributed by atoms with Gasteiger partial charge in [0.15, 0.2) is 0 Å². The predicted octanol–water partition coefficient (Wildman–Crippen LogP) is 5.04. The van der Waals surface area contributed by atoms with E-state index in [-0.39, 0.29) is 5.97 Å². The Balaban J connectivity index is 1.66. The number of nitrogens with zero attached hydrogens (tertiary/aromatic N) is 2. The summed E-state index contributed by atoms with van der Waals surface area (Å²) in [7, 11) is 1.36. The molecule has 3 rings (SSSR count). The largest absolute Gasteiger partial charge is 0.465 e. The van der Waals surface area contributed by atoms with Gasteiger partial charge >= 0.3 is 5.97 Å². The van der Waals surface area contributed by atoms with E-state index in [1.165, 1.54) is 12.7 Å². The summed E-state index contributed by atoms with van der Waals surface area (Å²) in [6, 6.07) is 17.5. The highest BCUT2D eigenvalue weighted by Crippen LogP contribution is 2.27. The molecule has 0 aliphatic heterocycles. The van der Waals surface area contributed by atoms with Crippen LogP contribution >= 0.6 is 0 Å². The quantitative estimate of drug-likeness (QED) is 0.524. The fraction of sp³-hybridized carbons (Fsp3) is 0.318. The Bertz CT molecular complexity index is 857. The van der Waals surface area contributed by atoms with E-state index in [9.17, 15) is 4.79 Å². The summed E-state index contributed by atoms with van der Waals surface area (Å²) >= 11 is 0. The molecule has 0 N–H and O–H groups in total. The molecule has 5 heteroatoms. The molecule has 0 amide bonds. The molecule has 0 fully saturated rings. The highest BCUT2D eigenvalue weighted by molar-refractivity contribution is 5.89. The van der Waals surface area contributed by atoms with E-state index in [0.717, 1.165) is 31.2 Å². The summed E-state index contributed by atoms with van der Waals surface area (Å²) < 4.78 is 10.5. The number of aryl methyl sites for hydroxylation is 1. The highest BCUT2D eigenvalue weighted by atomic mass is 16.5. The fourth-order valence-electron chi connectivity index (χ4n) is 3.19. The van der Waals surface area contributed by atoms with Crippen LogP contribution in [0.4, 0.5) is 0 Å². The number of rotatable bonds is 8. The third-order valence-corrected chi connectivity index (χ3v) is 4.63. The number of carbonyl (C=O) groups is 1. The SMILES string of the molecule is CCCC(CCc1nnc(-c2ccc(C(=O)OC)cc2)o1)c1ccccc1. The van der Waals surface area contributed by atoms with Crippen molar-refractivity contribution in [2.24, 2.45) is 0 Å². The molecule has 1 aromatic heterocycles. The molecule has 3 aromatic rings. The van der Waals surface area contributed by atoms with Gasteiger partial charge in [0.05, 0.1) is 12.7 Å². The second-order valence-electron chi connectivity index (χ2n) is 6.50. The maximum atomic E-state index is 11.5. The summed E-state index contributed by atoms with van der Waals surface area (Å²) in [5.41, 5.74) is 2.64. The average Bonchev–Trinajstić information content (AvgIpc) is 3.20. The van der Waals surface area contributed by atoms with Crippen molar-refractivity contribution >= 4 is 5.97 Å². The maximum absolute atomic E-state index is 11.5. The van der Waals surface area contributed by atoms with Crippen molar-refractivity contribution in [2.75, 3.05) is 7.11 Å². The number of methoxy groups -OCH3 is 1. The van der Waals surface area contributed by atoms with Gasteiger partial charge in [0.25, 0.3) is 0 Å². The first-order chi connectivity index (χ1) is 13.2. The Morgan fingerprint density at radius 3 is 2.44 bits per heavy atom. The fourth-order valence-corrected chi connectivity index (χ4v) is 3.19. The summed E-state index contributed by atoms with van der Waals surface area (Å²) in [4.78, 5) is 11.5. The van der Waals surface area contributed by atoms with Crippen LogP contribution in [-0.2, 0) is 11.2 Å². The number of carbonyl (C=O) groups excluding carboxylic acids is 1. The molecule has 0 saturated carbocycles. The van der Waals surface area contributed by atoms with E-state index in [0.29, 0.717) is 23.3 Å². The van der Waals surface area contributed by atoms with Gasteiger partial charge in [-0.15, -0.1) is 10.2 Å². The summed E-state index contributed by atoms with van der Waals surface area (Å²) in [5, 5.41) is 8.33. The minimum absolute atomic E-state index is 0.365. The lowest BCUT2D eigenvalue weighted by atomic mass is 9.90. The number of hydrogen-bond acceptors (Lipinski definition) is 5. The molecular weight excluding hydrogens is 340 g/mol. The van der Waals surface area contributed by atoms with Gasteiger partial charge in [-0.05, 0) is 48.6 Å². The zero-order valence-electron chi connectivity index (χ0n) is 15.7. The smallest absolute Gasteiger partial charge is 0.337 e. The molecular formula is C22H24N2O3. The van der Waals surface area contributed by atoms with Gasteiger partial charge in [-0.25, -0.2) is 4.79 Å². The first kappa shape index (κ1) is 18.8. The lowest BCUT2D eigenvalue weighted by molar-refractivity contribution is 0.0600. The Hall–Kier alpha value is -2.95. The molecule has 27 heavy (non-hydrogen) atoms. The van der Waals surface area contributed by atoms with E-state index < -0.39 is 0 Å². The zero-order valence-corrected chi connectivity index (χ0v) is 15.7. The van der Waals surface area contributed by atoms with Gasteiger partial charge in [-0.3, -0.25) is 0 Å². The molecule has 0 aliphatic rings. The molecule has 2 aromatic carbocycles. The van der Waals surface area contributed by atoms with Crippen molar-refractivity contribution in [3.63, 3.8) is 0 Å². The van der Waals surface area contributed by atoms with Crippen LogP contribution < -0.4 is 0 Å². The Morgan fingerprint density at radius 2 is 1.78 bits per heavy atom. The summed E-state index contributed by atoms with van der Waals surface area (Å²) in [6.45, 7) is 2.21. The topological polar surface area (TPSA) is 65.2 Å². The Labute approximate surface area is 159 Å². The molecule has 0 radical (unpaired) electrons. The summed E-state index contributed by atoms with van der Waals surface area (Å²) in [6.07, 6.45) is 3.99. The van der Waals surface area contributed by atoms with Crippen molar-refractivity contribution in [3.8, 4) is 11.5 Å². The predicted molar refractivity (Wildman–Crippen MR) is 103 cm³/mol. The first-order valence-corrected chi connectivity index (χ1v) is 9.27. The number of esters is 1. The van der Waals surface area contributed by atoms with Gasteiger partial charge in [0.2, 0.25) is 11.8 Å². The van der Waals surface area contributed by atoms with E-state index in [4.69, 9.17) is 9.15 Å². The van der Waals surface area contributed by atoms with E-state index in [1.54, 1.807) is 24.3 Å². The van der Waals surface area contributed by atoms with E-state index in [2.05, 4.69) is 41.4 Å². The van der Waals surface area contributed by atoms with Crippen LogP contribution in [0, 0.1) is 0 Å².